The third-order valence-electron chi connectivity index (χ3n) is 3.03. The largest absolute Gasteiger partial charge is 0.451 e. The number of halogens is 1. The van der Waals surface area contributed by atoms with Crippen LogP contribution in [-0.4, -0.2) is 17.6 Å². The normalized spacial score (nSPS) is 12.5. The van der Waals surface area contributed by atoms with Crippen molar-refractivity contribution in [3.63, 3.8) is 0 Å². The fourth-order valence-corrected chi connectivity index (χ4v) is 3.03. The van der Waals surface area contributed by atoms with E-state index in [1.165, 1.54) is 11.3 Å². The molecule has 6 heteroatoms. The number of carbonyl (C=O) groups excluding carboxylic acids is 1. The molecule has 0 fully saturated rings. The van der Waals surface area contributed by atoms with E-state index in [1.807, 2.05) is 18.2 Å². The SMILES string of the molecule is O=C(NC[C@H](O)c1ccc(Cl)s1)c1cc2ccccc2o1. The molecule has 2 N–H and O–H groups in total. The molecule has 0 unspecified atom stereocenters. The van der Waals surface area contributed by atoms with Crippen LogP contribution in [0.1, 0.15) is 21.5 Å². The quantitative estimate of drug-likeness (QED) is 0.771. The van der Waals surface area contributed by atoms with Crippen LogP contribution >= 0.6 is 22.9 Å². The Morgan fingerprint density at radius 2 is 2.14 bits per heavy atom. The zero-order chi connectivity index (χ0) is 14.8. The molecule has 108 valence electrons. The maximum Gasteiger partial charge on any atom is 0.287 e. The van der Waals surface area contributed by atoms with E-state index in [1.54, 1.807) is 24.3 Å². The highest BCUT2D eigenvalue weighted by Gasteiger charge is 2.15. The Balaban J connectivity index is 1.66. The van der Waals surface area contributed by atoms with Crippen molar-refractivity contribution < 1.29 is 14.3 Å². The number of thiophene rings is 1. The Morgan fingerprint density at radius 3 is 2.86 bits per heavy atom. The predicted octanol–water partition coefficient (Wildman–Crippen LogP) is 3.61. The average molecular weight is 322 g/mol. The van der Waals surface area contributed by atoms with Gasteiger partial charge in [-0.15, -0.1) is 11.3 Å². The molecule has 1 amide bonds. The summed E-state index contributed by atoms with van der Waals surface area (Å²) in [5.41, 5.74) is 0.660. The molecule has 0 radical (unpaired) electrons. The van der Waals surface area contributed by atoms with Gasteiger partial charge in [0.1, 0.15) is 11.7 Å². The van der Waals surface area contributed by atoms with Gasteiger partial charge in [0, 0.05) is 16.8 Å². The average Bonchev–Trinajstić information content (AvgIpc) is 3.10. The second-order valence-electron chi connectivity index (χ2n) is 4.52. The molecule has 0 aliphatic rings. The van der Waals surface area contributed by atoms with Gasteiger partial charge in [0.2, 0.25) is 0 Å². The van der Waals surface area contributed by atoms with Gasteiger partial charge in [0.15, 0.2) is 5.76 Å². The number of aliphatic hydroxyl groups excluding tert-OH is 1. The van der Waals surface area contributed by atoms with E-state index >= 15 is 0 Å². The van der Waals surface area contributed by atoms with Crippen molar-refractivity contribution in [3.05, 3.63) is 57.4 Å². The van der Waals surface area contributed by atoms with E-state index in [4.69, 9.17) is 16.0 Å². The van der Waals surface area contributed by atoms with E-state index in [0.29, 0.717) is 14.8 Å². The van der Waals surface area contributed by atoms with Crippen molar-refractivity contribution in [3.8, 4) is 0 Å². The minimum atomic E-state index is -0.782. The number of amides is 1. The van der Waals surface area contributed by atoms with Gasteiger partial charge < -0.3 is 14.8 Å². The maximum absolute atomic E-state index is 12.0. The van der Waals surface area contributed by atoms with Crippen LogP contribution in [0.5, 0.6) is 0 Å². The number of para-hydroxylation sites is 1. The fraction of sp³-hybridized carbons (Fsp3) is 0.133. The van der Waals surface area contributed by atoms with Gasteiger partial charge in [-0.3, -0.25) is 4.79 Å². The number of hydrogen-bond acceptors (Lipinski definition) is 4. The van der Waals surface area contributed by atoms with Crippen LogP contribution < -0.4 is 5.32 Å². The van der Waals surface area contributed by atoms with E-state index in [-0.39, 0.29) is 18.2 Å². The lowest BCUT2D eigenvalue weighted by atomic mass is 10.2. The summed E-state index contributed by atoms with van der Waals surface area (Å²) >= 11 is 7.10. The van der Waals surface area contributed by atoms with Crippen LogP contribution in [0.4, 0.5) is 0 Å². The van der Waals surface area contributed by atoms with E-state index < -0.39 is 6.10 Å². The molecule has 0 spiro atoms. The van der Waals surface area contributed by atoms with Gasteiger partial charge in [0.25, 0.3) is 5.91 Å². The predicted molar refractivity (Wildman–Crippen MR) is 82.8 cm³/mol. The third-order valence-corrected chi connectivity index (χ3v) is 4.36. The Bertz CT molecular complexity index is 747. The highest BCUT2D eigenvalue weighted by Crippen LogP contribution is 2.26. The molecular weight excluding hydrogens is 310 g/mol. The summed E-state index contributed by atoms with van der Waals surface area (Å²) in [6.45, 7) is 0.104. The Kier molecular flexibility index (Phi) is 3.96. The molecule has 2 heterocycles. The van der Waals surface area contributed by atoms with Gasteiger partial charge in [0.05, 0.1) is 4.34 Å². The monoisotopic (exact) mass is 321 g/mol. The molecule has 3 aromatic rings. The summed E-state index contributed by atoms with van der Waals surface area (Å²) in [6, 6.07) is 12.5. The van der Waals surface area contributed by atoms with Crippen LogP contribution in [0.25, 0.3) is 11.0 Å². The van der Waals surface area contributed by atoms with Crippen molar-refractivity contribution in [1.29, 1.82) is 0 Å². The summed E-state index contributed by atoms with van der Waals surface area (Å²) in [4.78, 5) is 12.7. The summed E-state index contributed by atoms with van der Waals surface area (Å²) in [5, 5.41) is 13.5. The topological polar surface area (TPSA) is 62.5 Å². The van der Waals surface area contributed by atoms with E-state index in [9.17, 15) is 9.90 Å². The third kappa shape index (κ3) is 3.10. The van der Waals surface area contributed by atoms with E-state index in [0.717, 1.165) is 5.39 Å². The van der Waals surface area contributed by atoms with Crippen molar-refractivity contribution in [2.24, 2.45) is 0 Å². The highest BCUT2D eigenvalue weighted by atomic mass is 35.5. The number of fused-ring (bicyclic) bond motifs is 1. The second-order valence-corrected chi connectivity index (χ2v) is 6.26. The number of rotatable bonds is 4. The minimum absolute atomic E-state index is 0.104. The Labute approximate surface area is 130 Å². The van der Waals surface area contributed by atoms with Gasteiger partial charge in [-0.1, -0.05) is 29.8 Å². The first-order valence-corrected chi connectivity index (χ1v) is 7.53. The fourth-order valence-electron chi connectivity index (χ4n) is 1.98. The molecule has 21 heavy (non-hydrogen) atoms. The number of benzene rings is 1. The molecule has 1 aromatic carbocycles. The summed E-state index contributed by atoms with van der Waals surface area (Å²) in [5.74, 6) is -0.125. The van der Waals surface area contributed by atoms with Gasteiger partial charge in [-0.2, -0.15) is 0 Å². The van der Waals surface area contributed by atoms with Gasteiger partial charge in [-0.25, -0.2) is 0 Å². The maximum atomic E-state index is 12.0. The molecule has 0 aliphatic heterocycles. The molecule has 2 aromatic heterocycles. The smallest absolute Gasteiger partial charge is 0.287 e. The molecule has 0 bridgehead atoms. The van der Waals surface area contributed by atoms with Crippen molar-refractivity contribution >= 4 is 39.8 Å². The van der Waals surface area contributed by atoms with Crippen LogP contribution in [0, 0.1) is 0 Å². The number of aliphatic hydroxyl groups is 1. The minimum Gasteiger partial charge on any atom is -0.451 e. The Hall–Kier alpha value is -1.82. The molecule has 3 rings (SSSR count). The van der Waals surface area contributed by atoms with Crippen molar-refractivity contribution in [2.45, 2.75) is 6.10 Å². The number of nitrogens with one attached hydrogen (secondary N) is 1. The van der Waals surface area contributed by atoms with Crippen LogP contribution in [0.2, 0.25) is 4.34 Å². The van der Waals surface area contributed by atoms with Crippen molar-refractivity contribution in [1.82, 2.24) is 5.32 Å². The van der Waals surface area contributed by atoms with Crippen LogP contribution in [0.15, 0.2) is 46.9 Å². The molecule has 4 nitrogen and oxygen atoms in total. The first-order valence-electron chi connectivity index (χ1n) is 6.33. The molecular formula is C15H12ClNO3S. The van der Waals surface area contributed by atoms with Crippen LogP contribution in [0.3, 0.4) is 0 Å². The summed E-state index contributed by atoms with van der Waals surface area (Å²) < 4.78 is 6.06. The van der Waals surface area contributed by atoms with Crippen molar-refractivity contribution in [2.75, 3.05) is 6.54 Å². The lowest BCUT2D eigenvalue weighted by Crippen LogP contribution is -2.27. The first kappa shape index (κ1) is 14.1. The molecule has 1 atom stereocenters. The molecule has 0 saturated heterocycles. The Morgan fingerprint density at radius 1 is 1.33 bits per heavy atom. The second kappa shape index (κ2) is 5.89. The number of hydrogen-bond donors (Lipinski definition) is 2. The van der Waals surface area contributed by atoms with Gasteiger partial charge in [-0.05, 0) is 24.3 Å². The first-order chi connectivity index (χ1) is 10.1. The lowest BCUT2D eigenvalue weighted by Gasteiger charge is -2.08. The lowest BCUT2D eigenvalue weighted by molar-refractivity contribution is 0.0893. The number of carbonyl (C=O) groups is 1. The summed E-state index contributed by atoms with van der Waals surface area (Å²) in [7, 11) is 0. The van der Waals surface area contributed by atoms with E-state index in [2.05, 4.69) is 5.32 Å². The molecule has 0 aliphatic carbocycles. The standard InChI is InChI=1S/C15H12ClNO3S/c16-14-6-5-13(21-14)10(18)8-17-15(19)12-7-9-3-1-2-4-11(9)20-12/h1-7,10,18H,8H2,(H,17,19)/t10-/m0/s1. The summed E-state index contributed by atoms with van der Waals surface area (Å²) in [6.07, 6.45) is -0.782. The van der Waals surface area contributed by atoms with Gasteiger partial charge >= 0.3 is 0 Å². The number of furan rings is 1. The zero-order valence-electron chi connectivity index (χ0n) is 10.9. The van der Waals surface area contributed by atoms with Crippen LogP contribution in [-0.2, 0) is 0 Å². The highest BCUT2D eigenvalue weighted by molar-refractivity contribution is 7.16. The molecule has 0 saturated carbocycles. The zero-order valence-corrected chi connectivity index (χ0v) is 12.4.